The van der Waals surface area contributed by atoms with Crippen LogP contribution in [0.2, 0.25) is 0 Å². The molecule has 2 amide bonds. The fourth-order valence-electron chi connectivity index (χ4n) is 11.6. The van der Waals surface area contributed by atoms with E-state index in [2.05, 4.69) is 70.9 Å². The third kappa shape index (κ3) is 41.0. The normalized spacial score (nSPS) is 10.2. The van der Waals surface area contributed by atoms with Crippen LogP contribution >= 0.6 is 0 Å². The van der Waals surface area contributed by atoms with Crippen LogP contribution in [0.4, 0.5) is 94.9 Å². The summed E-state index contributed by atoms with van der Waals surface area (Å²) in [4.78, 5) is 122. The largest absolute Gasteiger partial charge is 1.00 e. The number of esters is 5. The summed E-state index contributed by atoms with van der Waals surface area (Å²) in [5.74, 6) is -4.97. The van der Waals surface area contributed by atoms with E-state index in [1.807, 2.05) is 152 Å². The van der Waals surface area contributed by atoms with E-state index in [1.165, 1.54) is 65.9 Å². The molecule has 0 heterocycles. The SMILES string of the molecule is CC(=O)O.COC(=O)c1ccc(C)c(N)c1.COC(=O)c1ccc(C)c(N)c1.COC(=O)c1ccc(C)c(N=Nc2cc(C(=O)OC)ccc2C)c1.COC(=O)c1ccc(C)c(N=O)c1.Cc1ccc(C(=O)O)cc1N=Nc1cc(C(=O)O)ccc1C.Cc1ccc(N)cc1N=Nc1cc(N)ccc1C.Cc1ccc(NC(=O)OCc2ccccc2)cc1N=Nc1cc(NC(=O)OCc2ccccc2)ccc1C.[K+].[OH-]. The number of nitrogens with zero attached hydrogens (tertiary/aromatic N) is 9. The summed E-state index contributed by atoms with van der Waals surface area (Å²) in [6.45, 7) is 22.0. The number of hydrogen-bond acceptors (Lipinski definition) is 32. The quantitative estimate of drug-likeness (QED) is 0.00760. The molecule has 0 aliphatic heterocycles. The minimum Gasteiger partial charge on any atom is -0.870 e. The molecule has 0 atom stereocenters. The average molecular weight is 2000 g/mol. The van der Waals surface area contributed by atoms with E-state index >= 15 is 0 Å². The fraction of sp³-hybridized carbons (Fsp3) is 0.178. The number of carboxylic acids is 3. The van der Waals surface area contributed by atoms with Crippen LogP contribution in [0.25, 0.3) is 0 Å². The van der Waals surface area contributed by atoms with Crippen molar-refractivity contribution in [1.29, 1.82) is 0 Å². The van der Waals surface area contributed by atoms with Gasteiger partial charge < -0.3 is 76.9 Å². The Bertz CT molecular complexity index is 6480. The zero-order valence-electron chi connectivity index (χ0n) is 83.2. The number of rotatable bonds is 22. The maximum atomic E-state index is 12.2. The van der Waals surface area contributed by atoms with Gasteiger partial charge in [-0.25, -0.2) is 43.2 Å². The second-order valence-electron chi connectivity index (χ2n) is 31.1. The number of azo groups is 4. The topological polar surface area (TPSA) is 582 Å². The van der Waals surface area contributed by atoms with E-state index in [-0.39, 0.29) is 98.8 Å². The van der Waals surface area contributed by atoms with Crippen LogP contribution < -0.4 is 85.0 Å². The fourth-order valence-corrected chi connectivity index (χ4v) is 11.6. The molecule has 0 bridgehead atoms. The van der Waals surface area contributed by atoms with Gasteiger partial charge in [0.15, 0.2) is 0 Å². The Labute approximate surface area is 880 Å². The van der Waals surface area contributed by atoms with Gasteiger partial charge in [-0.05, 0) is 287 Å². The van der Waals surface area contributed by atoms with E-state index < -0.39 is 48.0 Å². The van der Waals surface area contributed by atoms with Crippen LogP contribution in [-0.4, -0.2) is 116 Å². The van der Waals surface area contributed by atoms with Gasteiger partial charge in [0.1, 0.15) is 18.9 Å². The molecule has 0 saturated carbocycles. The summed E-state index contributed by atoms with van der Waals surface area (Å²) in [7, 11) is 6.63. The third-order valence-electron chi connectivity index (χ3n) is 20.2. The number of carbonyl (C=O) groups is 10. The van der Waals surface area contributed by atoms with E-state index in [1.54, 1.807) is 154 Å². The van der Waals surface area contributed by atoms with Crippen molar-refractivity contribution in [1.82, 2.24) is 0 Å². The molecular formula is C107H112KN15O22. The Balaban J connectivity index is 0.000000363. The third-order valence-corrected chi connectivity index (χ3v) is 20.2. The molecule has 748 valence electrons. The molecule has 38 heteroatoms. The first-order valence-electron chi connectivity index (χ1n) is 43.3. The van der Waals surface area contributed by atoms with E-state index in [9.17, 15) is 48.1 Å². The number of carbonyl (C=O) groups excluding carboxylic acids is 7. The Hall–Kier alpha value is -17.0. The number of anilines is 6. The van der Waals surface area contributed by atoms with Crippen molar-refractivity contribution in [3.8, 4) is 0 Å². The Kier molecular flexibility index (Phi) is 51.0. The Morgan fingerprint density at radius 2 is 0.483 bits per heavy atom. The minimum absolute atomic E-state index is 0. The maximum Gasteiger partial charge on any atom is 1.00 e. The number of aliphatic carboxylic acids is 1. The number of hydrogen-bond donors (Lipinski definition) is 9. The first kappa shape index (κ1) is 120. The van der Waals surface area contributed by atoms with Crippen LogP contribution in [0.5, 0.6) is 0 Å². The predicted molar refractivity (Wildman–Crippen MR) is 549 cm³/mol. The van der Waals surface area contributed by atoms with E-state index in [0.717, 1.165) is 90.6 Å². The summed E-state index contributed by atoms with van der Waals surface area (Å²) in [5.41, 5.74) is 45.2. The smallest absolute Gasteiger partial charge is 0.870 e. The number of amides is 2. The number of nitrogens with one attached hydrogen (secondary N) is 2. The Morgan fingerprint density at radius 1 is 0.276 bits per heavy atom. The summed E-state index contributed by atoms with van der Waals surface area (Å²) < 4.78 is 33.5. The number of carboxylic acid groups (broad SMARTS) is 3. The second-order valence-corrected chi connectivity index (χ2v) is 31.1. The zero-order valence-corrected chi connectivity index (χ0v) is 86.3. The summed E-state index contributed by atoms with van der Waals surface area (Å²) >= 11 is 0. The molecule has 14 N–H and O–H groups in total. The molecule has 0 saturated heterocycles. The van der Waals surface area contributed by atoms with Crippen LogP contribution in [0.1, 0.15) is 152 Å². The van der Waals surface area contributed by atoms with Crippen molar-refractivity contribution >= 4 is 145 Å². The second kappa shape index (κ2) is 61.5. The molecule has 13 rings (SSSR count). The van der Waals surface area contributed by atoms with Gasteiger partial charge in [-0.15, -0.1) is 4.91 Å². The van der Waals surface area contributed by atoms with Gasteiger partial charge >= 0.3 is 105 Å². The molecule has 0 unspecified atom stereocenters. The molecule has 0 radical (unpaired) electrons. The molecular weight excluding hydrogens is 1890 g/mol. The van der Waals surface area contributed by atoms with Gasteiger partial charge in [-0.2, -0.15) is 40.9 Å². The summed E-state index contributed by atoms with van der Waals surface area (Å²) in [5, 5.41) is 67.4. The number of aryl methyl sites for hydroxylation is 11. The standard InChI is InChI=1S/C30H28N4O4.C18H18N2O4.C16H14N2O4.C14H16N4.C9H9NO3.2C9H11NO2.C2H4O2.K.H2O/c1-21-13-15-25(31-29(35)37-19-23-9-5-3-6-10-23)17-27(21)33-34-28-18-26(16-14-22(28)2)32-30(36)38-20-24-11-7-4-8-12-24;1-11-5-7-13(17(21)23-3)9-15(11)19-20-16-10-14(18(22)24-4)8-6-12(16)2;1-9-3-5-11(15(19)20)7-13(9)17-18-14-8-12(16(21)22)6-4-10(14)2;1-9-3-5-11(15)7-13(9)17-18-14-8-12(16)6-4-10(14)2;1-6-3-4-7(9(11)13-2)5-8(6)10-12;2*1-6-3-4-7(5-8(6)10)9(11)12-2;1-2(3)4;;/h3-18H,19-20H2,1-2H3,(H,31,35)(H,32,36);5-10H,1-4H3;3-8H,1-2H3,(H,19,20)(H,21,22);3-8H,15-16H2,1-2H3;3-5H,1-2H3;2*3-5H,10H2,1-2H3;1H3,(H,3,4);;1H2/q;;;;;;;;+1;/p-1. The van der Waals surface area contributed by atoms with Crippen LogP contribution in [0.3, 0.4) is 0 Å². The molecule has 13 aromatic carbocycles. The number of nitroso groups, excluding NO2 is 1. The van der Waals surface area contributed by atoms with Crippen molar-refractivity contribution < 1.29 is 153 Å². The number of methoxy groups -OCH3 is 5. The monoisotopic (exact) mass is 2000 g/mol. The number of aromatic carboxylic acids is 2. The molecule has 0 aliphatic carbocycles. The Morgan fingerprint density at radius 3 is 0.731 bits per heavy atom. The van der Waals surface area contributed by atoms with Crippen molar-refractivity contribution in [3.05, 3.63) is 377 Å². The number of benzene rings is 13. The van der Waals surface area contributed by atoms with Gasteiger partial charge in [0, 0.05) is 41.0 Å². The van der Waals surface area contributed by atoms with Crippen molar-refractivity contribution in [2.45, 2.75) is 96.3 Å². The summed E-state index contributed by atoms with van der Waals surface area (Å²) in [6, 6.07) is 74.9. The van der Waals surface area contributed by atoms with Gasteiger partial charge in [0.05, 0.1) is 120 Å². The molecule has 37 nitrogen and oxygen atoms in total. The molecule has 13 aromatic rings. The predicted octanol–water partition coefficient (Wildman–Crippen LogP) is 22.3. The number of ether oxygens (including phenoxy) is 7. The van der Waals surface area contributed by atoms with Crippen molar-refractivity contribution in [2.24, 2.45) is 46.1 Å². The molecule has 145 heavy (non-hydrogen) atoms. The zero-order chi connectivity index (χ0) is 106. The van der Waals surface area contributed by atoms with E-state index in [0.29, 0.717) is 96.1 Å². The molecule has 0 fully saturated rings. The molecule has 0 aliphatic rings. The van der Waals surface area contributed by atoms with Gasteiger partial charge in [-0.1, -0.05) is 127 Å². The van der Waals surface area contributed by atoms with Crippen LogP contribution in [-0.2, 0) is 51.2 Å². The first-order chi connectivity index (χ1) is 68.1. The number of nitrogen functional groups attached to an aromatic ring is 4. The van der Waals surface area contributed by atoms with Crippen molar-refractivity contribution in [3.63, 3.8) is 0 Å². The van der Waals surface area contributed by atoms with Gasteiger partial charge in [0.2, 0.25) is 0 Å². The molecule has 0 spiro atoms. The number of nitrogens with two attached hydrogens (primary N) is 4. The maximum absolute atomic E-state index is 12.2. The van der Waals surface area contributed by atoms with Crippen LogP contribution in [0.15, 0.2) is 307 Å². The summed E-state index contributed by atoms with van der Waals surface area (Å²) in [6.07, 6.45) is -1.12. The van der Waals surface area contributed by atoms with Crippen LogP contribution in [0, 0.1) is 81.1 Å². The molecule has 0 aromatic heterocycles. The van der Waals surface area contributed by atoms with Gasteiger partial charge in [-0.3, -0.25) is 15.4 Å². The van der Waals surface area contributed by atoms with Crippen molar-refractivity contribution in [2.75, 3.05) is 69.1 Å². The average Bonchev–Trinajstić information content (AvgIpc) is 0.833. The minimum atomic E-state index is -1.04. The van der Waals surface area contributed by atoms with Gasteiger partial charge in [0.25, 0.3) is 5.97 Å². The van der Waals surface area contributed by atoms with E-state index in [4.69, 9.17) is 62.0 Å². The first-order valence-corrected chi connectivity index (χ1v) is 43.3.